The van der Waals surface area contributed by atoms with Crippen molar-refractivity contribution in [2.75, 3.05) is 24.5 Å². The number of carbonyl (C=O) groups is 1. The molecule has 0 aliphatic carbocycles. The molecule has 1 aliphatic heterocycles. The van der Waals surface area contributed by atoms with Crippen LogP contribution in [0.15, 0.2) is 18.5 Å². The molecule has 1 amide bonds. The number of anilines is 1. The monoisotopic (exact) mass is 327 g/mol. The quantitative estimate of drug-likeness (QED) is 0.682. The van der Waals surface area contributed by atoms with Crippen LogP contribution in [0.5, 0.6) is 0 Å². The van der Waals surface area contributed by atoms with Crippen molar-refractivity contribution in [3.05, 3.63) is 29.8 Å². The van der Waals surface area contributed by atoms with Crippen LogP contribution in [0.4, 0.5) is 5.82 Å². The molecular weight excluding hydrogens is 310 g/mol. The normalized spacial score (nSPS) is 17.5. The molecule has 4 heterocycles. The second-order valence-electron chi connectivity index (χ2n) is 5.90. The molecule has 0 radical (unpaired) electrons. The highest BCUT2D eigenvalue weighted by Gasteiger charge is 2.25. The zero-order chi connectivity index (χ0) is 16.5. The van der Waals surface area contributed by atoms with Crippen molar-refractivity contribution in [2.45, 2.75) is 13.3 Å². The summed E-state index contributed by atoms with van der Waals surface area (Å²) in [5.74, 6) is 1.08. The summed E-state index contributed by atoms with van der Waals surface area (Å²) in [7, 11) is 0. The fourth-order valence-corrected chi connectivity index (χ4v) is 2.92. The number of rotatable bonds is 4. The van der Waals surface area contributed by atoms with E-state index in [4.69, 9.17) is 0 Å². The highest BCUT2D eigenvalue weighted by molar-refractivity contribution is 5.93. The number of aromatic amines is 1. The number of aromatic nitrogens is 7. The number of imidazole rings is 1. The minimum atomic E-state index is -0.138. The Labute approximate surface area is 137 Å². The van der Waals surface area contributed by atoms with E-state index in [0.717, 1.165) is 31.0 Å². The summed E-state index contributed by atoms with van der Waals surface area (Å²) < 4.78 is 1.42. The Bertz CT molecular complexity index is 870. The maximum Gasteiger partial charge on any atom is 0.271 e. The predicted octanol–water partition coefficient (Wildman–Crippen LogP) is -0.193. The number of aryl methyl sites for hydroxylation is 1. The van der Waals surface area contributed by atoms with Crippen molar-refractivity contribution < 1.29 is 4.79 Å². The van der Waals surface area contributed by atoms with Gasteiger partial charge in [0, 0.05) is 25.3 Å². The molecule has 10 heteroatoms. The van der Waals surface area contributed by atoms with Gasteiger partial charge in [0.05, 0.1) is 6.33 Å². The van der Waals surface area contributed by atoms with Crippen LogP contribution in [-0.4, -0.2) is 60.8 Å². The summed E-state index contributed by atoms with van der Waals surface area (Å²) >= 11 is 0. The van der Waals surface area contributed by atoms with Gasteiger partial charge < -0.3 is 15.2 Å². The molecule has 1 unspecified atom stereocenters. The summed E-state index contributed by atoms with van der Waals surface area (Å²) in [4.78, 5) is 21.2. The molecule has 24 heavy (non-hydrogen) atoms. The number of carbonyl (C=O) groups excluding carboxylic acids is 1. The molecule has 1 saturated heterocycles. The fraction of sp³-hybridized carbons (Fsp3) is 0.429. The molecule has 2 N–H and O–H groups in total. The van der Waals surface area contributed by atoms with Crippen molar-refractivity contribution in [2.24, 2.45) is 5.92 Å². The van der Waals surface area contributed by atoms with Crippen LogP contribution >= 0.6 is 0 Å². The Balaban J connectivity index is 1.36. The molecule has 10 nitrogen and oxygen atoms in total. The molecular formula is C14H17N9O. The number of nitrogens with one attached hydrogen (secondary N) is 2. The van der Waals surface area contributed by atoms with Gasteiger partial charge >= 0.3 is 0 Å². The average Bonchev–Trinajstić information content (AvgIpc) is 3.32. The summed E-state index contributed by atoms with van der Waals surface area (Å²) in [5, 5.41) is 18.6. The van der Waals surface area contributed by atoms with Crippen LogP contribution in [0.25, 0.3) is 5.65 Å². The number of fused-ring (bicyclic) bond motifs is 1. The first kappa shape index (κ1) is 14.5. The summed E-state index contributed by atoms with van der Waals surface area (Å²) in [5.41, 5.74) is 1.85. The van der Waals surface area contributed by atoms with E-state index in [-0.39, 0.29) is 5.91 Å². The first-order valence-electron chi connectivity index (χ1n) is 7.79. The molecule has 0 aromatic carbocycles. The lowest BCUT2D eigenvalue weighted by Crippen LogP contribution is -2.31. The third-order valence-electron chi connectivity index (χ3n) is 4.26. The van der Waals surface area contributed by atoms with Gasteiger partial charge in [-0.2, -0.15) is 0 Å². The van der Waals surface area contributed by atoms with Crippen LogP contribution in [0.1, 0.15) is 22.6 Å². The van der Waals surface area contributed by atoms with E-state index < -0.39 is 0 Å². The highest BCUT2D eigenvalue weighted by Crippen LogP contribution is 2.21. The molecule has 0 saturated carbocycles. The Hall–Kier alpha value is -3.04. The zero-order valence-electron chi connectivity index (χ0n) is 13.2. The molecule has 3 aromatic rings. The Morgan fingerprint density at radius 2 is 2.38 bits per heavy atom. The smallest absolute Gasteiger partial charge is 0.271 e. The highest BCUT2D eigenvalue weighted by atomic mass is 16.1. The first-order chi connectivity index (χ1) is 11.7. The molecule has 124 valence electrons. The van der Waals surface area contributed by atoms with E-state index in [9.17, 15) is 4.79 Å². The van der Waals surface area contributed by atoms with Gasteiger partial charge in [-0.05, 0) is 41.8 Å². The number of hydrogen-bond donors (Lipinski definition) is 2. The average molecular weight is 327 g/mol. The summed E-state index contributed by atoms with van der Waals surface area (Å²) in [6.07, 6.45) is 2.53. The lowest BCUT2D eigenvalue weighted by Gasteiger charge is -2.17. The van der Waals surface area contributed by atoms with E-state index >= 15 is 0 Å². The van der Waals surface area contributed by atoms with Gasteiger partial charge in [0.25, 0.3) is 5.91 Å². The standard InChI is InChI=1S/C14H17N9O/c1-9-13(17-8-16-9)14(24)15-6-10-4-5-22(7-10)12-3-2-11-18-20-21-23(11)19-12/h2-3,8,10H,4-7H2,1H3,(H,15,24)(H,16,17). The topological polar surface area (TPSA) is 117 Å². The van der Waals surface area contributed by atoms with Gasteiger partial charge in [0.2, 0.25) is 0 Å². The van der Waals surface area contributed by atoms with E-state index in [0.29, 0.717) is 23.8 Å². The van der Waals surface area contributed by atoms with Gasteiger partial charge in [-0.1, -0.05) is 0 Å². The number of hydrogen-bond acceptors (Lipinski definition) is 7. The van der Waals surface area contributed by atoms with Crippen molar-refractivity contribution >= 4 is 17.4 Å². The molecule has 0 spiro atoms. The maximum atomic E-state index is 12.1. The Kier molecular flexibility index (Phi) is 3.56. The lowest BCUT2D eigenvalue weighted by atomic mass is 10.1. The van der Waals surface area contributed by atoms with Crippen molar-refractivity contribution in [1.82, 2.24) is 40.5 Å². The lowest BCUT2D eigenvalue weighted by molar-refractivity contribution is 0.0943. The van der Waals surface area contributed by atoms with Crippen molar-refractivity contribution in [3.63, 3.8) is 0 Å². The largest absolute Gasteiger partial charge is 0.355 e. The molecule has 3 aromatic heterocycles. The van der Waals surface area contributed by atoms with Crippen LogP contribution < -0.4 is 10.2 Å². The van der Waals surface area contributed by atoms with Gasteiger partial charge in [-0.15, -0.1) is 14.8 Å². The number of tetrazole rings is 1. The molecule has 1 atom stereocenters. The van der Waals surface area contributed by atoms with Crippen LogP contribution in [0, 0.1) is 12.8 Å². The third kappa shape index (κ3) is 2.66. The summed E-state index contributed by atoms with van der Waals surface area (Å²) in [6.45, 7) is 4.18. The van der Waals surface area contributed by atoms with Crippen LogP contribution in [0.2, 0.25) is 0 Å². The molecule has 1 aliphatic rings. The fourth-order valence-electron chi connectivity index (χ4n) is 2.92. The van der Waals surface area contributed by atoms with E-state index in [1.54, 1.807) is 0 Å². The van der Waals surface area contributed by atoms with E-state index in [2.05, 4.69) is 40.8 Å². The first-order valence-corrected chi connectivity index (χ1v) is 7.79. The molecule has 1 fully saturated rings. The van der Waals surface area contributed by atoms with Crippen molar-refractivity contribution in [1.29, 1.82) is 0 Å². The zero-order valence-corrected chi connectivity index (χ0v) is 13.2. The minimum Gasteiger partial charge on any atom is -0.355 e. The van der Waals surface area contributed by atoms with Crippen molar-refractivity contribution in [3.8, 4) is 0 Å². The van der Waals surface area contributed by atoms with E-state index in [1.807, 2.05) is 19.1 Å². The number of nitrogens with zero attached hydrogens (tertiary/aromatic N) is 7. The number of H-pyrrole nitrogens is 1. The molecule has 0 bridgehead atoms. The van der Waals surface area contributed by atoms with Gasteiger partial charge in [0.15, 0.2) is 11.5 Å². The van der Waals surface area contributed by atoms with Gasteiger partial charge in [-0.25, -0.2) is 4.98 Å². The minimum absolute atomic E-state index is 0.138. The third-order valence-corrected chi connectivity index (χ3v) is 4.26. The second kappa shape index (κ2) is 5.87. The van der Waals surface area contributed by atoms with Gasteiger partial charge in [-0.3, -0.25) is 4.79 Å². The van der Waals surface area contributed by atoms with E-state index in [1.165, 1.54) is 11.0 Å². The molecule has 4 rings (SSSR count). The predicted molar refractivity (Wildman–Crippen MR) is 84.6 cm³/mol. The SMILES string of the molecule is Cc1[nH]cnc1C(=O)NCC1CCN(c2ccc3nnnn3n2)C1. The number of amides is 1. The van der Waals surface area contributed by atoms with Crippen LogP contribution in [0.3, 0.4) is 0 Å². The summed E-state index contributed by atoms with van der Waals surface area (Å²) in [6, 6.07) is 3.76. The Morgan fingerprint density at radius 3 is 3.21 bits per heavy atom. The Morgan fingerprint density at radius 1 is 1.46 bits per heavy atom. The maximum absolute atomic E-state index is 12.1. The van der Waals surface area contributed by atoms with Crippen LogP contribution in [-0.2, 0) is 0 Å². The van der Waals surface area contributed by atoms with Gasteiger partial charge in [0.1, 0.15) is 5.69 Å². The second-order valence-corrected chi connectivity index (χ2v) is 5.90.